The van der Waals surface area contributed by atoms with Gasteiger partial charge in [-0.15, -0.1) is 0 Å². The van der Waals surface area contributed by atoms with Crippen molar-refractivity contribution in [2.45, 2.75) is 33.2 Å². The molecule has 0 bridgehead atoms. The van der Waals surface area contributed by atoms with E-state index in [1.165, 1.54) is 5.56 Å². The number of benzene rings is 1. The molecule has 0 aliphatic rings. The van der Waals surface area contributed by atoms with E-state index in [9.17, 15) is 4.79 Å². The number of hydrogen-bond donors (Lipinski definition) is 1. The fourth-order valence-corrected chi connectivity index (χ4v) is 3.43. The summed E-state index contributed by atoms with van der Waals surface area (Å²) in [4.78, 5) is 17.8. The number of pyridine rings is 1. The van der Waals surface area contributed by atoms with Gasteiger partial charge in [0.15, 0.2) is 0 Å². The Morgan fingerprint density at radius 2 is 2.00 bits per heavy atom. The topological polar surface area (TPSA) is 85.8 Å². The van der Waals surface area contributed by atoms with Crippen molar-refractivity contribution in [2.75, 3.05) is 0 Å². The number of amides is 1. The van der Waals surface area contributed by atoms with E-state index in [0.717, 1.165) is 17.5 Å². The second-order valence-electron chi connectivity index (χ2n) is 7.25. The van der Waals surface area contributed by atoms with Crippen LogP contribution in [0.1, 0.15) is 46.6 Å². The molecule has 0 fully saturated rings. The van der Waals surface area contributed by atoms with Gasteiger partial charge in [-0.25, -0.2) is 4.98 Å². The second kappa shape index (κ2) is 7.50. The summed E-state index contributed by atoms with van der Waals surface area (Å²) in [7, 11) is 1.83. The highest BCUT2D eigenvalue weighted by molar-refractivity contribution is 6.07. The number of rotatable bonds is 5. The van der Waals surface area contributed by atoms with Crippen LogP contribution in [0.4, 0.5) is 0 Å². The number of nitrogens with one attached hydrogen (secondary N) is 1. The first-order chi connectivity index (χ1) is 14.0. The van der Waals surface area contributed by atoms with Crippen LogP contribution in [-0.4, -0.2) is 25.8 Å². The highest BCUT2D eigenvalue weighted by atomic mass is 16.5. The molecular weight excluding hydrogens is 366 g/mol. The Balaban J connectivity index is 1.74. The molecule has 0 radical (unpaired) electrons. The van der Waals surface area contributed by atoms with E-state index >= 15 is 0 Å². The molecule has 3 aromatic heterocycles. The maximum atomic E-state index is 13.3. The second-order valence-corrected chi connectivity index (χ2v) is 7.25. The van der Waals surface area contributed by atoms with Crippen molar-refractivity contribution in [2.24, 2.45) is 7.05 Å². The van der Waals surface area contributed by atoms with Crippen LogP contribution in [0, 0.1) is 13.8 Å². The van der Waals surface area contributed by atoms with E-state index in [-0.39, 0.29) is 11.9 Å². The van der Waals surface area contributed by atoms with Crippen LogP contribution in [0.5, 0.6) is 0 Å². The van der Waals surface area contributed by atoms with E-state index in [2.05, 4.69) is 51.7 Å². The van der Waals surface area contributed by atoms with Gasteiger partial charge < -0.3 is 9.84 Å². The zero-order chi connectivity index (χ0) is 20.5. The fraction of sp³-hybridized carbons (Fsp3) is 0.273. The molecule has 0 saturated heterocycles. The molecule has 0 spiro atoms. The zero-order valence-electron chi connectivity index (χ0n) is 16.9. The Morgan fingerprint density at radius 3 is 2.66 bits per heavy atom. The molecule has 1 amide bonds. The lowest BCUT2D eigenvalue weighted by Gasteiger charge is -2.18. The highest BCUT2D eigenvalue weighted by Crippen LogP contribution is 2.28. The molecule has 4 rings (SSSR count). The molecule has 4 aromatic rings. The van der Waals surface area contributed by atoms with E-state index in [1.807, 2.05) is 27.1 Å². The van der Waals surface area contributed by atoms with Gasteiger partial charge in [-0.1, -0.05) is 41.9 Å². The van der Waals surface area contributed by atoms with Gasteiger partial charge in [-0.2, -0.15) is 5.10 Å². The minimum Gasteiger partial charge on any atom is -0.345 e. The quantitative estimate of drug-likeness (QED) is 0.555. The summed E-state index contributed by atoms with van der Waals surface area (Å²) in [5.41, 5.74) is 5.17. The molecule has 148 valence electrons. The first-order valence-corrected chi connectivity index (χ1v) is 9.59. The summed E-state index contributed by atoms with van der Waals surface area (Å²) in [6.45, 7) is 5.91. The van der Waals surface area contributed by atoms with Crippen molar-refractivity contribution >= 4 is 17.0 Å². The fourth-order valence-electron chi connectivity index (χ4n) is 3.43. The Morgan fingerprint density at radius 1 is 1.24 bits per heavy atom. The molecule has 1 unspecified atom stereocenters. The van der Waals surface area contributed by atoms with Crippen LogP contribution < -0.4 is 5.32 Å². The van der Waals surface area contributed by atoms with Crippen LogP contribution in [0.2, 0.25) is 0 Å². The normalized spacial score (nSPS) is 12.3. The maximum Gasteiger partial charge on any atom is 0.259 e. The zero-order valence-corrected chi connectivity index (χ0v) is 16.9. The molecule has 3 heterocycles. The summed E-state index contributed by atoms with van der Waals surface area (Å²) in [5, 5.41) is 12.0. The molecule has 1 aromatic carbocycles. The minimum atomic E-state index is -0.179. The van der Waals surface area contributed by atoms with Crippen LogP contribution in [0.15, 0.2) is 47.2 Å². The van der Waals surface area contributed by atoms with E-state index in [1.54, 1.807) is 16.9 Å². The molecule has 7 heteroatoms. The standard InChI is InChI=1S/C22H23N5O2/c1-5-18(15-8-6-13(2)7-9-15)24-21(28)17-10-19(16-11-23-27(4)12-16)25-22-20(17)14(3)26-29-22/h6-12,18H,5H2,1-4H3,(H,24,28). The molecule has 0 saturated carbocycles. The Bertz CT molecular complexity index is 1170. The van der Waals surface area contributed by atoms with Gasteiger partial charge in [0, 0.05) is 18.8 Å². The van der Waals surface area contributed by atoms with E-state index in [4.69, 9.17) is 4.52 Å². The lowest BCUT2D eigenvalue weighted by atomic mass is 10.0. The monoisotopic (exact) mass is 389 g/mol. The Kier molecular flexibility index (Phi) is 4.88. The Labute approximate surface area is 168 Å². The van der Waals surface area contributed by atoms with Gasteiger partial charge in [0.1, 0.15) is 0 Å². The van der Waals surface area contributed by atoms with Gasteiger partial charge in [0.2, 0.25) is 0 Å². The smallest absolute Gasteiger partial charge is 0.259 e. The van der Waals surface area contributed by atoms with Crippen LogP contribution >= 0.6 is 0 Å². The van der Waals surface area contributed by atoms with Gasteiger partial charge in [0.05, 0.1) is 34.6 Å². The van der Waals surface area contributed by atoms with Gasteiger partial charge >= 0.3 is 0 Å². The minimum absolute atomic E-state index is 0.0895. The first kappa shape index (κ1) is 18.9. The van der Waals surface area contributed by atoms with E-state index in [0.29, 0.717) is 28.1 Å². The summed E-state index contributed by atoms with van der Waals surface area (Å²) in [5.74, 6) is -0.179. The van der Waals surface area contributed by atoms with Crippen LogP contribution in [0.3, 0.4) is 0 Å². The van der Waals surface area contributed by atoms with E-state index < -0.39 is 0 Å². The molecule has 29 heavy (non-hydrogen) atoms. The number of nitrogens with zero attached hydrogens (tertiary/aromatic N) is 4. The number of carbonyl (C=O) groups is 1. The highest BCUT2D eigenvalue weighted by Gasteiger charge is 2.22. The predicted octanol–water partition coefficient (Wildman–Crippen LogP) is 4.12. The summed E-state index contributed by atoms with van der Waals surface area (Å²) >= 11 is 0. The van der Waals surface area contributed by atoms with Crippen molar-refractivity contribution < 1.29 is 9.32 Å². The SMILES string of the molecule is CCC(NC(=O)c1cc(-c2cnn(C)c2)nc2onc(C)c12)c1ccc(C)cc1. The van der Waals surface area contributed by atoms with Crippen molar-refractivity contribution in [3.8, 4) is 11.3 Å². The third-order valence-corrected chi connectivity index (χ3v) is 5.06. The average molecular weight is 389 g/mol. The number of aryl methyl sites for hydroxylation is 3. The van der Waals surface area contributed by atoms with Gasteiger partial charge in [-0.05, 0) is 31.9 Å². The van der Waals surface area contributed by atoms with Crippen molar-refractivity contribution in [3.05, 3.63) is 65.1 Å². The number of carbonyl (C=O) groups excluding carboxylic acids is 1. The number of aromatic nitrogens is 4. The first-order valence-electron chi connectivity index (χ1n) is 9.59. The lowest BCUT2D eigenvalue weighted by molar-refractivity contribution is 0.0937. The van der Waals surface area contributed by atoms with Crippen molar-refractivity contribution in [1.29, 1.82) is 0 Å². The summed E-state index contributed by atoms with van der Waals surface area (Å²) in [6, 6.07) is 9.91. The number of hydrogen-bond acceptors (Lipinski definition) is 5. The van der Waals surface area contributed by atoms with Crippen molar-refractivity contribution in [3.63, 3.8) is 0 Å². The lowest BCUT2D eigenvalue weighted by Crippen LogP contribution is -2.28. The predicted molar refractivity (Wildman–Crippen MR) is 110 cm³/mol. The molecule has 1 atom stereocenters. The van der Waals surface area contributed by atoms with Gasteiger partial charge in [0.25, 0.3) is 11.6 Å². The molecule has 0 aliphatic heterocycles. The Hall–Kier alpha value is -3.48. The van der Waals surface area contributed by atoms with Gasteiger partial charge in [-0.3, -0.25) is 9.48 Å². The van der Waals surface area contributed by atoms with Crippen LogP contribution in [0.25, 0.3) is 22.4 Å². The third kappa shape index (κ3) is 3.63. The number of fused-ring (bicyclic) bond motifs is 1. The van der Waals surface area contributed by atoms with Crippen molar-refractivity contribution in [1.82, 2.24) is 25.2 Å². The largest absolute Gasteiger partial charge is 0.345 e. The summed E-state index contributed by atoms with van der Waals surface area (Å²) < 4.78 is 7.06. The third-order valence-electron chi connectivity index (χ3n) is 5.06. The molecule has 7 nitrogen and oxygen atoms in total. The molecule has 1 N–H and O–H groups in total. The molecular formula is C22H23N5O2. The maximum absolute atomic E-state index is 13.3. The summed E-state index contributed by atoms with van der Waals surface area (Å²) in [6.07, 6.45) is 4.33. The molecule has 0 aliphatic carbocycles. The average Bonchev–Trinajstić information content (AvgIpc) is 3.32. The van der Waals surface area contributed by atoms with Crippen LogP contribution in [-0.2, 0) is 7.05 Å².